The number of fused-ring (bicyclic) bond motifs is 1. The van der Waals surface area contributed by atoms with Gasteiger partial charge >= 0.3 is 0 Å². The van der Waals surface area contributed by atoms with E-state index in [1.165, 1.54) is 11.1 Å². The summed E-state index contributed by atoms with van der Waals surface area (Å²) in [6.45, 7) is 0. The van der Waals surface area contributed by atoms with E-state index in [0.29, 0.717) is 24.1 Å². The first-order valence-corrected chi connectivity index (χ1v) is 6.38. The standard InChI is InChI=1S/C13H13ClN2O/c14-8-7-12-15-13(16-17-12)11-6-5-9-3-1-2-4-10(9)11/h1-4,11H,5-8H2. The van der Waals surface area contributed by atoms with Gasteiger partial charge in [-0.2, -0.15) is 4.98 Å². The summed E-state index contributed by atoms with van der Waals surface area (Å²) in [5, 5.41) is 4.07. The van der Waals surface area contributed by atoms with Crippen LogP contribution in [0.15, 0.2) is 28.8 Å². The second-order valence-electron chi connectivity index (χ2n) is 4.28. The number of hydrogen-bond acceptors (Lipinski definition) is 3. The summed E-state index contributed by atoms with van der Waals surface area (Å²) in [4.78, 5) is 4.42. The zero-order chi connectivity index (χ0) is 11.7. The number of alkyl halides is 1. The number of halogens is 1. The van der Waals surface area contributed by atoms with Gasteiger partial charge in [0.2, 0.25) is 5.89 Å². The Morgan fingerprint density at radius 3 is 3.12 bits per heavy atom. The van der Waals surface area contributed by atoms with Gasteiger partial charge in [0.25, 0.3) is 0 Å². The molecule has 1 heterocycles. The summed E-state index contributed by atoms with van der Waals surface area (Å²) in [6.07, 6.45) is 2.81. The molecule has 3 rings (SSSR count). The fourth-order valence-electron chi connectivity index (χ4n) is 2.42. The molecular weight excluding hydrogens is 236 g/mol. The Labute approximate surface area is 105 Å². The molecule has 0 spiro atoms. The number of aromatic nitrogens is 2. The summed E-state index contributed by atoms with van der Waals surface area (Å²) in [6, 6.07) is 8.48. The van der Waals surface area contributed by atoms with Gasteiger partial charge in [-0.15, -0.1) is 11.6 Å². The van der Waals surface area contributed by atoms with E-state index < -0.39 is 0 Å². The average Bonchev–Trinajstić information content (AvgIpc) is 2.95. The molecule has 0 radical (unpaired) electrons. The van der Waals surface area contributed by atoms with Gasteiger partial charge in [0.05, 0.1) is 0 Å². The molecule has 0 saturated heterocycles. The Morgan fingerprint density at radius 1 is 1.35 bits per heavy atom. The molecule has 0 bridgehead atoms. The molecule has 0 saturated carbocycles. The van der Waals surface area contributed by atoms with Crippen molar-refractivity contribution in [3.05, 3.63) is 47.1 Å². The maximum atomic E-state index is 5.66. The lowest BCUT2D eigenvalue weighted by atomic mass is 10.0. The molecule has 17 heavy (non-hydrogen) atoms. The second-order valence-corrected chi connectivity index (χ2v) is 4.65. The maximum Gasteiger partial charge on any atom is 0.227 e. The Kier molecular flexibility index (Phi) is 2.85. The van der Waals surface area contributed by atoms with Crippen LogP contribution in [-0.2, 0) is 12.8 Å². The van der Waals surface area contributed by atoms with Crippen molar-refractivity contribution < 1.29 is 4.52 Å². The molecule has 0 fully saturated rings. The normalized spacial score (nSPS) is 18.3. The van der Waals surface area contributed by atoms with Crippen molar-refractivity contribution in [3.8, 4) is 0 Å². The highest BCUT2D eigenvalue weighted by Gasteiger charge is 2.27. The molecule has 0 amide bonds. The van der Waals surface area contributed by atoms with E-state index in [2.05, 4.69) is 34.4 Å². The first-order valence-electron chi connectivity index (χ1n) is 5.84. The molecule has 1 aliphatic carbocycles. The zero-order valence-corrected chi connectivity index (χ0v) is 10.2. The summed E-state index contributed by atoms with van der Waals surface area (Å²) < 4.78 is 5.19. The third kappa shape index (κ3) is 1.95. The van der Waals surface area contributed by atoms with Gasteiger partial charge in [0.15, 0.2) is 5.82 Å². The van der Waals surface area contributed by atoms with E-state index in [0.717, 1.165) is 18.7 Å². The van der Waals surface area contributed by atoms with Gasteiger partial charge in [-0.3, -0.25) is 0 Å². The van der Waals surface area contributed by atoms with Crippen LogP contribution >= 0.6 is 11.6 Å². The smallest absolute Gasteiger partial charge is 0.227 e. The Hall–Kier alpha value is -1.35. The van der Waals surface area contributed by atoms with Crippen molar-refractivity contribution in [2.75, 3.05) is 5.88 Å². The van der Waals surface area contributed by atoms with E-state index in [1.54, 1.807) is 0 Å². The molecule has 1 aromatic carbocycles. The highest BCUT2D eigenvalue weighted by atomic mass is 35.5. The van der Waals surface area contributed by atoms with Gasteiger partial charge in [-0.05, 0) is 24.0 Å². The van der Waals surface area contributed by atoms with E-state index in [1.807, 2.05) is 0 Å². The highest BCUT2D eigenvalue weighted by Crippen LogP contribution is 2.36. The van der Waals surface area contributed by atoms with Gasteiger partial charge in [0.1, 0.15) is 0 Å². The predicted molar refractivity (Wildman–Crippen MR) is 65.3 cm³/mol. The average molecular weight is 249 g/mol. The Bertz CT molecular complexity index is 524. The lowest BCUT2D eigenvalue weighted by Gasteiger charge is -2.05. The van der Waals surface area contributed by atoms with Crippen LogP contribution in [0, 0.1) is 0 Å². The van der Waals surface area contributed by atoms with Crippen molar-refractivity contribution in [2.24, 2.45) is 0 Å². The van der Waals surface area contributed by atoms with Crippen LogP contribution in [0.2, 0.25) is 0 Å². The molecule has 4 heteroatoms. The fourth-order valence-corrected chi connectivity index (χ4v) is 2.58. The lowest BCUT2D eigenvalue weighted by molar-refractivity contribution is 0.375. The lowest BCUT2D eigenvalue weighted by Crippen LogP contribution is -1.99. The summed E-state index contributed by atoms with van der Waals surface area (Å²) in [7, 11) is 0. The van der Waals surface area contributed by atoms with Gasteiger partial charge < -0.3 is 4.52 Å². The second kappa shape index (κ2) is 4.49. The zero-order valence-electron chi connectivity index (χ0n) is 9.40. The fraction of sp³-hybridized carbons (Fsp3) is 0.385. The molecule has 0 N–H and O–H groups in total. The Balaban J connectivity index is 1.90. The molecule has 1 unspecified atom stereocenters. The van der Waals surface area contributed by atoms with Crippen molar-refractivity contribution in [1.29, 1.82) is 0 Å². The van der Waals surface area contributed by atoms with Crippen LogP contribution in [0.5, 0.6) is 0 Å². The summed E-state index contributed by atoms with van der Waals surface area (Å²) >= 11 is 5.66. The van der Waals surface area contributed by atoms with Crippen LogP contribution in [0.1, 0.15) is 35.2 Å². The topological polar surface area (TPSA) is 38.9 Å². The van der Waals surface area contributed by atoms with Gasteiger partial charge in [0, 0.05) is 18.2 Å². The highest BCUT2D eigenvalue weighted by molar-refractivity contribution is 6.17. The number of nitrogens with zero attached hydrogens (tertiary/aromatic N) is 2. The molecule has 1 atom stereocenters. The van der Waals surface area contributed by atoms with Crippen molar-refractivity contribution in [1.82, 2.24) is 10.1 Å². The third-order valence-electron chi connectivity index (χ3n) is 3.24. The molecule has 0 aliphatic heterocycles. The number of rotatable bonds is 3. The predicted octanol–water partition coefficient (Wildman–Crippen LogP) is 2.93. The molecule has 2 aromatic rings. The molecule has 3 nitrogen and oxygen atoms in total. The van der Waals surface area contributed by atoms with E-state index in [4.69, 9.17) is 16.1 Å². The van der Waals surface area contributed by atoms with Gasteiger partial charge in [-0.25, -0.2) is 0 Å². The van der Waals surface area contributed by atoms with Crippen LogP contribution in [0.4, 0.5) is 0 Å². The summed E-state index contributed by atoms with van der Waals surface area (Å²) in [5.74, 6) is 2.25. The van der Waals surface area contributed by atoms with Crippen LogP contribution in [0.25, 0.3) is 0 Å². The molecular formula is C13H13ClN2O. The van der Waals surface area contributed by atoms with E-state index >= 15 is 0 Å². The van der Waals surface area contributed by atoms with E-state index in [-0.39, 0.29) is 0 Å². The SMILES string of the molecule is ClCCc1nc(C2CCc3ccccc32)no1. The minimum absolute atomic E-state index is 0.291. The van der Waals surface area contributed by atoms with Crippen molar-refractivity contribution in [2.45, 2.75) is 25.2 Å². The Morgan fingerprint density at radius 2 is 2.24 bits per heavy atom. The van der Waals surface area contributed by atoms with Crippen LogP contribution in [0.3, 0.4) is 0 Å². The van der Waals surface area contributed by atoms with Crippen molar-refractivity contribution in [3.63, 3.8) is 0 Å². The number of benzene rings is 1. The first-order chi connectivity index (χ1) is 8.38. The summed E-state index contributed by atoms with van der Waals surface area (Å²) in [5.41, 5.74) is 2.74. The molecule has 1 aromatic heterocycles. The first kappa shape index (κ1) is 10.8. The maximum absolute atomic E-state index is 5.66. The minimum atomic E-state index is 0.291. The third-order valence-corrected chi connectivity index (χ3v) is 3.43. The van der Waals surface area contributed by atoms with Crippen molar-refractivity contribution >= 4 is 11.6 Å². The monoisotopic (exact) mass is 248 g/mol. The van der Waals surface area contributed by atoms with Crippen LogP contribution in [-0.4, -0.2) is 16.0 Å². The number of aryl methyl sites for hydroxylation is 2. The largest absolute Gasteiger partial charge is 0.339 e. The minimum Gasteiger partial charge on any atom is -0.339 e. The van der Waals surface area contributed by atoms with Crippen LogP contribution < -0.4 is 0 Å². The quantitative estimate of drug-likeness (QED) is 0.784. The van der Waals surface area contributed by atoms with Gasteiger partial charge in [-0.1, -0.05) is 29.4 Å². The molecule has 1 aliphatic rings. The number of hydrogen-bond donors (Lipinski definition) is 0. The van der Waals surface area contributed by atoms with E-state index in [9.17, 15) is 0 Å². The molecule has 88 valence electrons.